The number of aromatic carboxylic acids is 1. The normalized spacial score (nSPS) is 20.6. The molecular formula is C10H14N2O2. The van der Waals surface area contributed by atoms with Gasteiger partial charge in [-0.15, -0.1) is 0 Å². The molecule has 0 bridgehead atoms. The minimum Gasteiger partial charge on any atom is -0.477 e. The molecule has 0 unspecified atom stereocenters. The first-order valence-corrected chi connectivity index (χ1v) is 4.81. The van der Waals surface area contributed by atoms with Crippen LogP contribution in [0.15, 0.2) is 0 Å². The number of hydrogen-bond acceptors (Lipinski definition) is 2. The van der Waals surface area contributed by atoms with Gasteiger partial charge in [-0.3, -0.25) is 0 Å². The number of hydrogen-bond donors (Lipinski definition) is 3. The second-order valence-corrected chi connectivity index (χ2v) is 3.82. The van der Waals surface area contributed by atoms with Gasteiger partial charge in [0.25, 0.3) is 0 Å². The maximum absolute atomic E-state index is 10.9. The molecule has 76 valence electrons. The van der Waals surface area contributed by atoms with Crippen LogP contribution in [0.5, 0.6) is 0 Å². The van der Waals surface area contributed by atoms with Crippen LogP contribution in [0.4, 0.5) is 0 Å². The maximum atomic E-state index is 10.9. The van der Waals surface area contributed by atoms with E-state index in [4.69, 9.17) is 10.8 Å². The minimum atomic E-state index is -0.899. The summed E-state index contributed by atoms with van der Waals surface area (Å²) < 4.78 is 0. The molecule has 0 saturated carbocycles. The number of rotatable bonds is 1. The molecule has 1 aliphatic rings. The SMILES string of the molecule is Cc1c(C(=O)O)[nH]c2c1[C@H](N)CCC2. The van der Waals surface area contributed by atoms with E-state index in [1.54, 1.807) is 0 Å². The van der Waals surface area contributed by atoms with Crippen molar-refractivity contribution in [1.82, 2.24) is 4.98 Å². The molecule has 0 spiro atoms. The van der Waals surface area contributed by atoms with Gasteiger partial charge in [-0.2, -0.15) is 0 Å². The topological polar surface area (TPSA) is 79.1 Å². The Hall–Kier alpha value is -1.29. The molecule has 0 fully saturated rings. The summed E-state index contributed by atoms with van der Waals surface area (Å²) in [5.74, 6) is -0.899. The van der Waals surface area contributed by atoms with Crippen LogP contribution in [0, 0.1) is 6.92 Å². The van der Waals surface area contributed by atoms with Gasteiger partial charge in [0, 0.05) is 11.7 Å². The third kappa shape index (κ3) is 1.23. The van der Waals surface area contributed by atoms with E-state index in [0.717, 1.165) is 36.1 Å². The van der Waals surface area contributed by atoms with Gasteiger partial charge in [-0.05, 0) is 37.3 Å². The molecule has 0 aliphatic heterocycles. The van der Waals surface area contributed by atoms with Crippen LogP contribution in [-0.2, 0) is 6.42 Å². The number of aromatic nitrogens is 1. The number of carboxylic acid groups (broad SMARTS) is 1. The lowest BCUT2D eigenvalue weighted by Gasteiger charge is -2.19. The predicted octanol–water partition coefficient (Wildman–Crippen LogP) is 1.36. The molecule has 1 aliphatic carbocycles. The highest BCUT2D eigenvalue weighted by Crippen LogP contribution is 2.31. The molecule has 4 heteroatoms. The van der Waals surface area contributed by atoms with E-state index in [1.165, 1.54) is 0 Å². The first kappa shape index (κ1) is 9.27. The highest BCUT2D eigenvalue weighted by molar-refractivity contribution is 5.88. The fraction of sp³-hybridized carbons (Fsp3) is 0.500. The Labute approximate surface area is 82.1 Å². The summed E-state index contributed by atoms with van der Waals surface area (Å²) in [4.78, 5) is 13.8. The smallest absolute Gasteiger partial charge is 0.352 e. The molecule has 14 heavy (non-hydrogen) atoms. The molecule has 4 nitrogen and oxygen atoms in total. The van der Waals surface area contributed by atoms with E-state index in [-0.39, 0.29) is 6.04 Å². The van der Waals surface area contributed by atoms with E-state index in [1.807, 2.05) is 6.92 Å². The molecule has 0 saturated heterocycles. The number of fused-ring (bicyclic) bond motifs is 1. The number of H-pyrrole nitrogens is 1. The molecule has 0 radical (unpaired) electrons. The second-order valence-electron chi connectivity index (χ2n) is 3.82. The molecule has 1 aromatic rings. The van der Waals surface area contributed by atoms with Crippen molar-refractivity contribution in [3.05, 3.63) is 22.5 Å². The molecule has 1 heterocycles. The molecule has 4 N–H and O–H groups in total. The molecule has 1 aromatic heterocycles. The third-order valence-corrected chi connectivity index (χ3v) is 2.91. The van der Waals surface area contributed by atoms with Crippen LogP contribution in [0.3, 0.4) is 0 Å². The van der Waals surface area contributed by atoms with Gasteiger partial charge in [-0.1, -0.05) is 0 Å². The average Bonchev–Trinajstić information content (AvgIpc) is 2.45. The van der Waals surface area contributed by atoms with Crippen molar-refractivity contribution < 1.29 is 9.90 Å². The van der Waals surface area contributed by atoms with Crippen molar-refractivity contribution in [1.29, 1.82) is 0 Å². The zero-order valence-electron chi connectivity index (χ0n) is 8.13. The molecule has 2 rings (SSSR count). The van der Waals surface area contributed by atoms with Crippen LogP contribution in [0.1, 0.15) is 46.2 Å². The fourth-order valence-electron chi connectivity index (χ4n) is 2.23. The van der Waals surface area contributed by atoms with Gasteiger partial charge in [0.05, 0.1) is 0 Å². The van der Waals surface area contributed by atoms with Gasteiger partial charge in [-0.25, -0.2) is 4.79 Å². The second kappa shape index (κ2) is 3.13. The van der Waals surface area contributed by atoms with Crippen molar-refractivity contribution in [2.45, 2.75) is 32.2 Å². The summed E-state index contributed by atoms with van der Waals surface area (Å²) in [6.07, 6.45) is 2.90. The van der Waals surface area contributed by atoms with Crippen LogP contribution >= 0.6 is 0 Å². The maximum Gasteiger partial charge on any atom is 0.352 e. The van der Waals surface area contributed by atoms with Gasteiger partial charge >= 0.3 is 5.97 Å². The summed E-state index contributed by atoms with van der Waals surface area (Å²) in [5, 5.41) is 8.93. The van der Waals surface area contributed by atoms with Gasteiger partial charge < -0.3 is 15.8 Å². The minimum absolute atomic E-state index is 0.00287. The molecule has 0 aromatic carbocycles. The van der Waals surface area contributed by atoms with Gasteiger partial charge in [0.15, 0.2) is 0 Å². The number of aromatic amines is 1. The summed E-state index contributed by atoms with van der Waals surface area (Å²) in [5.41, 5.74) is 9.09. The molecule has 0 amide bonds. The summed E-state index contributed by atoms with van der Waals surface area (Å²) in [7, 11) is 0. The Kier molecular flexibility index (Phi) is 2.07. The third-order valence-electron chi connectivity index (χ3n) is 2.91. The van der Waals surface area contributed by atoms with Crippen LogP contribution < -0.4 is 5.73 Å². The van der Waals surface area contributed by atoms with E-state index >= 15 is 0 Å². The Morgan fingerprint density at radius 3 is 2.93 bits per heavy atom. The summed E-state index contributed by atoms with van der Waals surface area (Å²) in [6.45, 7) is 1.82. The first-order valence-electron chi connectivity index (χ1n) is 4.81. The van der Waals surface area contributed by atoms with E-state index in [9.17, 15) is 4.79 Å². The van der Waals surface area contributed by atoms with E-state index < -0.39 is 5.97 Å². The number of nitrogens with one attached hydrogen (secondary N) is 1. The number of aryl methyl sites for hydroxylation is 1. The number of nitrogens with two attached hydrogens (primary N) is 1. The van der Waals surface area contributed by atoms with Crippen molar-refractivity contribution in [2.75, 3.05) is 0 Å². The summed E-state index contributed by atoms with van der Waals surface area (Å²) >= 11 is 0. The number of carbonyl (C=O) groups is 1. The van der Waals surface area contributed by atoms with Gasteiger partial charge in [0.2, 0.25) is 0 Å². The summed E-state index contributed by atoms with van der Waals surface area (Å²) in [6, 6.07) is 0.00287. The van der Waals surface area contributed by atoms with Crippen LogP contribution in [0.25, 0.3) is 0 Å². The van der Waals surface area contributed by atoms with Gasteiger partial charge in [0.1, 0.15) is 5.69 Å². The quantitative estimate of drug-likeness (QED) is 0.631. The zero-order chi connectivity index (χ0) is 10.3. The largest absolute Gasteiger partial charge is 0.477 e. The van der Waals surface area contributed by atoms with Crippen molar-refractivity contribution in [3.63, 3.8) is 0 Å². The lowest BCUT2D eigenvalue weighted by molar-refractivity contribution is 0.0690. The molecule has 1 atom stereocenters. The lowest BCUT2D eigenvalue weighted by Crippen LogP contribution is -2.17. The van der Waals surface area contributed by atoms with Crippen LogP contribution in [0.2, 0.25) is 0 Å². The van der Waals surface area contributed by atoms with Crippen molar-refractivity contribution in [2.24, 2.45) is 5.73 Å². The Balaban J connectivity index is 2.55. The zero-order valence-corrected chi connectivity index (χ0v) is 8.13. The Morgan fingerprint density at radius 1 is 1.64 bits per heavy atom. The average molecular weight is 194 g/mol. The van der Waals surface area contributed by atoms with Crippen molar-refractivity contribution in [3.8, 4) is 0 Å². The lowest BCUT2D eigenvalue weighted by atomic mass is 9.91. The Morgan fingerprint density at radius 2 is 2.36 bits per heavy atom. The monoisotopic (exact) mass is 194 g/mol. The fourth-order valence-corrected chi connectivity index (χ4v) is 2.23. The standard InChI is InChI=1S/C10H14N2O2/c1-5-8-6(11)3-2-4-7(8)12-9(5)10(13)14/h6,12H,2-4,11H2,1H3,(H,13,14)/t6-/m1/s1. The molecular weight excluding hydrogens is 180 g/mol. The highest BCUT2D eigenvalue weighted by Gasteiger charge is 2.25. The first-order chi connectivity index (χ1) is 6.61. The van der Waals surface area contributed by atoms with E-state index in [2.05, 4.69) is 4.98 Å². The highest BCUT2D eigenvalue weighted by atomic mass is 16.4. The predicted molar refractivity (Wildman–Crippen MR) is 52.4 cm³/mol. The van der Waals surface area contributed by atoms with E-state index in [0.29, 0.717) is 5.69 Å². The van der Waals surface area contributed by atoms with Crippen molar-refractivity contribution >= 4 is 5.97 Å². The Bertz CT molecular complexity index is 382. The number of carboxylic acids is 1. The van der Waals surface area contributed by atoms with Crippen LogP contribution in [-0.4, -0.2) is 16.1 Å².